The van der Waals surface area contributed by atoms with Crippen molar-refractivity contribution >= 4 is 11.7 Å². The number of amides is 2. The van der Waals surface area contributed by atoms with E-state index >= 15 is 0 Å². The minimum absolute atomic E-state index is 0.219. The Hall–Kier alpha value is -1.32. The number of nitrogens with zero attached hydrogens (tertiary/aromatic N) is 1. The topological polar surface area (TPSA) is 67.5 Å². The molecule has 2 amide bonds. The predicted molar refractivity (Wildman–Crippen MR) is 56.9 cm³/mol. The van der Waals surface area contributed by atoms with Crippen molar-refractivity contribution < 1.29 is 4.79 Å². The van der Waals surface area contributed by atoms with Crippen LogP contribution in [0.4, 0.5) is 4.79 Å². The quantitative estimate of drug-likeness (QED) is 0.615. The Kier molecular flexibility index (Phi) is 2.93. The highest BCUT2D eigenvalue weighted by Crippen LogP contribution is 2.33. The van der Waals surface area contributed by atoms with Gasteiger partial charge in [-0.2, -0.15) is 5.10 Å². The third kappa shape index (κ3) is 3.20. The van der Waals surface area contributed by atoms with Crippen LogP contribution in [0.5, 0.6) is 0 Å². The summed E-state index contributed by atoms with van der Waals surface area (Å²) in [5.74, 6) is 0. The smallest absolute Gasteiger partial charge is 0.332 e. The molecule has 0 aromatic rings. The van der Waals surface area contributed by atoms with Crippen LogP contribution in [0.25, 0.3) is 0 Å². The normalized spacial score (nSPS) is 23.1. The van der Waals surface area contributed by atoms with Crippen molar-refractivity contribution in [2.75, 3.05) is 0 Å². The summed E-state index contributed by atoms with van der Waals surface area (Å²) in [5.41, 5.74) is 9.58. The molecule has 0 aliphatic heterocycles. The summed E-state index contributed by atoms with van der Waals surface area (Å²) >= 11 is 0. The third-order valence-electron chi connectivity index (χ3n) is 2.14. The number of hydrazone groups is 1. The first-order valence-corrected chi connectivity index (χ1v) is 4.68. The second-order valence-corrected chi connectivity index (χ2v) is 4.59. The summed E-state index contributed by atoms with van der Waals surface area (Å²) in [5, 5.41) is 3.94. The van der Waals surface area contributed by atoms with E-state index in [4.69, 9.17) is 5.73 Å². The number of carbonyl (C=O) groups excluding carboxylic acids is 1. The molecule has 1 aliphatic rings. The maximum Gasteiger partial charge on any atom is 0.332 e. The van der Waals surface area contributed by atoms with Gasteiger partial charge in [-0.3, -0.25) is 0 Å². The van der Waals surface area contributed by atoms with Crippen LogP contribution >= 0.6 is 0 Å². The zero-order valence-corrected chi connectivity index (χ0v) is 8.92. The number of nitrogens with two attached hydrogens (primary N) is 1. The molecule has 1 aliphatic carbocycles. The first kappa shape index (κ1) is 10.8. The molecule has 14 heavy (non-hydrogen) atoms. The first-order valence-electron chi connectivity index (χ1n) is 4.68. The van der Waals surface area contributed by atoms with Gasteiger partial charge >= 0.3 is 6.03 Å². The van der Waals surface area contributed by atoms with Crippen molar-refractivity contribution in [1.29, 1.82) is 0 Å². The molecule has 0 spiro atoms. The SMILES string of the molecule is CC1=C/C(=N\NC(N)=O)CC(C)(C)C1. The van der Waals surface area contributed by atoms with Crippen LogP contribution in [-0.4, -0.2) is 11.7 Å². The van der Waals surface area contributed by atoms with E-state index in [1.54, 1.807) is 0 Å². The van der Waals surface area contributed by atoms with E-state index in [1.807, 2.05) is 6.08 Å². The van der Waals surface area contributed by atoms with E-state index < -0.39 is 6.03 Å². The van der Waals surface area contributed by atoms with Crippen LogP contribution in [0, 0.1) is 5.41 Å². The Morgan fingerprint density at radius 1 is 1.57 bits per heavy atom. The number of urea groups is 1. The largest absolute Gasteiger partial charge is 0.350 e. The lowest BCUT2D eigenvalue weighted by atomic mass is 9.77. The average Bonchev–Trinajstić information content (AvgIpc) is 1.96. The molecular weight excluding hydrogens is 178 g/mol. The molecule has 0 heterocycles. The maximum atomic E-state index is 10.5. The Labute approximate surface area is 84.2 Å². The summed E-state index contributed by atoms with van der Waals surface area (Å²) in [7, 11) is 0. The van der Waals surface area contributed by atoms with Crippen molar-refractivity contribution in [2.45, 2.75) is 33.6 Å². The van der Waals surface area contributed by atoms with Gasteiger partial charge in [-0.25, -0.2) is 10.2 Å². The molecule has 0 aromatic heterocycles. The Morgan fingerprint density at radius 3 is 2.71 bits per heavy atom. The predicted octanol–water partition coefficient (Wildman–Crippen LogP) is 1.78. The molecule has 3 N–H and O–H groups in total. The second kappa shape index (κ2) is 3.82. The minimum Gasteiger partial charge on any atom is -0.350 e. The summed E-state index contributed by atoms with van der Waals surface area (Å²) in [6.07, 6.45) is 3.94. The molecule has 78 valence electrons. The van der Waals surface area contributed by atoms with Crippen molar-refractivity contribution in [2.24, 2.45) is 16.3 Å². The summed E-state index contributed by atoms with van der Waals surface area (Å²) in [6.45, 7) is 6.44. The fourth-order valence-electron chi connectivity index (χ4n) is 1.89. The van der Waals surface area contributed by atoms with Crippen LogP contribution in [0.2, 0.25) is 0 Å². The summed E-state index contributed by atoms with van der Waals surface area (Å²) in [6, 6.07) is -0.619. The van der Waals surface area contributed by atoms with E-state index in [9.17, 15) is 4.79 Å². The molecule has 1 rings (SSSR count). The highest BCUT2D eigenvalue weighted by atomic mass is 16.2. The van der Waals surface area contributed by atoms with Crippen molar-refractivity contribution in [3.63, 3.8) is 0 Å². The minimum atomic E-state index is -0.619. The fraction of sp³-hybridized carbons (Fsp3) is 0.600. The molecule has 0 saturated heterocycles. The zero-order valence-electron chi connectivity index (χ0n) is 8.92. The van der Waals surface area contributed by atoms with E-state index in [0.717, 1.165) is 18.6 Å². The number of hydrogen-bond donors (Lipinski definition) is 2. The molecule has 0 saturated carbocycles. The average molecular weight is 195 g/mol. The number of hydrogen-bond acceptors (Lipinski definition) is 2. The number of carbonyl (C=O) groups is 1. The Balaban J connectivity index is 2.76. The lowest BCUT2D eigenvalue weighted by molar-refractivity contribution is 0.249. The van der Waals surface area contributed by atoms with Gasteiger partial charge in [-0.15, -0.1) is 0 Å². The van der Waals surface area contributed by atoms with Gasteiger partial charge in [0, 0.05) is 0 Å². The van der Waals surface area contributed by atoms with Gasteiger partial charge in [-0.1, -0.05) is 19.4 Å². The number of primary amides is 1. The fourth-order valence-corrected chi connectivity index (χ4v) is 1.89. The number of nitrogens with one attached hydrogen (secondary N) is 1. The van der Waals surface area contributed by atoms with Crippen LogP contribution in [0.3, 0.4) is 0 Å². The van der Waals surface area contributed by atoms with Gasteiger partial charge in [0.1, 0.15) is 0 Å². The van der Waals surface area contributed by atoms with E-state index in [1.165, 1.54) is 5.57 Å². The molecule has 0 unspecified atom stereocenters. The van der Waals surface area contributed by atoms with Crippen LogP contribution < -0.4 is 11.2 Å². The summed E-state index contributed by atoms with van der Waals surface area (Å²) < 4.78 is 0. The van der Waals surface area contributed by atoms with Gasteiger partial charge in [0.25, 0.3) is 0 Å². The highest BCUT2D eigenvalue weighted by Gasteiger charge is 2.24. The van der Waals surface area contributed by atoms with Crippen molar-refractivity contribution in [3.8, 4) is 0 Å². The van der Waals surface area contributed by atoms with Gasteiger partial charge < -0.3 is 5.73 Å². The number of allylic oxidation sites excluding steroid dienone is 2. The van der Waals surface area contributed by atoms with Crippen molar-refractivity contribution in [1.82, 2.24) is 5.43 Å². The standard InChI is InChI=1S/C10H17N3O/c1-7-4-8(12-13-9(11)14)6-10(2,3)5-7/h4H,5-6H2,1-3H3,(H3,11,13,14)/b12-8+. The van der Waals surface area contributed by atoms with Crippen molar-refractivity contribution in [3.05, 3.63) is 11.6 Å². The van der Waals surface area contributed by atoms with E-state index in [-0.39, 0.29) is 5.41 Å². The van der Waals surface area contributed by atoms with Gasteiger partial charge in [-0.05, 0) is 31.3 Å². The van der Waals surface area contributed by atoms with E-state index in [0.29, 0.717) is 0 Å². The lowest BCUT2D eigenvalue weighted by Crippen LogP contribution is -2.28. The molecule has 4 nitrogen and oxygen atoms in total. The van der Waals surface area contributed by atoms with Crippen LogP contribution in [0.1, 0.15) is 33.6 Å². The summed E-state index contributed by atoms with van der Waals surface area (Å²) in [4.78, 5) is 10.5. The monoisotopic (exact) mass is 195 g/mol. The second-order valence-electron chi connectivity index (χ2n) is 4.59. The Morgan fingerprint density at radius 2 is 2.21 bits per heavy atom. The van der Waals surface area contributed by atoms with E-state index in [2.05, 4.69) is 31.3 Å². The molecule has 0 bridgehead atoms. The molecule has 0 fully saturated rings. The Bertz CT molecular complexity index is 302. The molecular formula is C10H17N3O. The molecule has 0 radical (unpaired) electrons. The first-order chi connectivity index (χ1) is 6.39. The maximum absolute atomic E-state index is 10.5. The lowest BCUT2D eigenvalue weighted by Gasteiger charge is -2.29. The molecule has 0 aromatic carbocycles. The number of rotatable bonds is 1. The van der Waals surface area contributed by atoms with Gasteiger partial charge in [0.05, 0.1) is 5.71 Å². The van der Waals surface area contributed by atoms with Gasteiger partial charge in [0.2, 0.25) is 0 Å². The van der Waals surface area contributed by atoms with Crippen LogP contribution in [0.15, 0.2) is 16.8 Å². The van der Waals surface area contributed by atoms with Gasteiger partial charge in [0.15, 0.2) is 0 Å². The van der Waals surface area contributed by atoms with Crippen LogP contribution in [-0.2, 0) is 0 Å². The molecule has 4 heteroatoms. The zero-order chi connectivity index (χ0) is 10.8. The third-order valence-corrected chi connectivity index (χ3v) is 2.14. The highest BCUT2D eigenvalue weighted by molar-refractivity contribution is 5.97. The molecule has 0 atom stereocenters.